The summed E-state index contributed by atoms with van der Waals surface area (Å²) >= 11 is 0. The second-order valence-electron chi connectivity index (χ2n) is 17.2. The highest BCUT2D eigenvalue weighted by atomic mass is 16.7. The van der Waals surface area contributed by atoms with Crippen molar-refractivity contribution in [3.05, 3.63) is 36.5 Å². The SMILES string of the molecule is CCC/C=C/CC/C=C/CC/C=C/CCCC(O)C(O)C(COC1OC(CO)C(O)C(O)C1O)NC(=O)C(O)CCCCCCCCCCCCCCCCCCCCC. The van der Waals surface area contributed by atoms with Crippen molar-refractivity contribution in [2.24, 2.45) is 0 Å². The Bertz CT molecular complexity index is 1070. The van der Waals surface area contributed by atoms with E-state index in [1.807, 2.05) is 0 Å². The van der Waals surface area contributed by atoms with Crippen molar-refractivity contribution in [1.29, 1.82) is 0 Å². The maximum Gasteiger partial charge on any atom is 0.249 e. The summed E-state index contributed by atoms with van der Waals surface area (Å²) in [6, 6.07) is -1.19. The van der Waals surface area contributed by atoms with Gasteiger partial charge in [-0.2, -0.15) is 0 Å². The van der Waals surface area contributed by atoms with Crippen LogP contribution in [0.1, 0.15) is 200 Å². The van der Waals surface area contributed by atoms with E-state index in [9.17, 15) is 40.5 Å². The molecule has 1 amide bonds. The first-order chi connectivity index (χ1) is 29.2. The molecule has 0 aromatic heterocycles. The summed E-state index contributed by atoms with van der Waals surface area (Å²) in [5.41, 5.74) is 0. The van der Waals surface area contributed by atoms with Gasteiger partial charge in [-0.1, -0.05) is 179 Å². The summed E-state index contributed by atoms with van der Waals surface area (Å²) in [6.07, 6.45) is 33.4. The third kappa shape index (κ3) is 28.1. The first-order valence-electron chi connectivity index (χ1n) is 24.4. The Labute approximate surface area is 365 Å². The zero-order valence-corrected chi connectivity index (χ0v) is 37.9. The fraction of sp³-hybridized carbons (Fsp3) is 0.857. The lowest BCUT2D eigenvalue weighted by Crippen LogP contribution is -2.60. The van der Waals surface area contributed by atoms with Crippen LogP contribution in [0, 0.1) is 0 Å². The number of rotatable bonds is 40. The Hall–Kier alpha value is -1.67. The second kappa shape index (κ2) is 39.0. The molecule has 11 nitrogen and oxygen atoms in total. The average molecular weight is 854 g/mol. The molecule has 352 valence electrons. The molecule has 1 saturated heterocycles. The molecule has 1 aliphatic rings. The van der Waals surface area contributed by atoms with Gasteiger partial charge in [0.1, 0.15) is 36.6 Å². The lowest BCUT2D eigenvalue weighted by Gasteiger charge is -2.40. The molecule has 0 bridgehead atoms. The van der Waals surface area contributed by atoms with E-state index in [0.717, 1.165) is 51.4 Å². The Kier molecular flexibility index (Phi) is 36.6. The zero-order chi connectivity index (χ0) is 44.1. The molecule has 1 rings (SSSR count). The van der Waals surface area contributed by atoms with E-state index in [4.69, 9.17) is 9.47 Å². The standard InChI is InChI=1S/C49H91NO10/c1-3-5-7-9-11-13-15-17-19-20-21-22-23-25-27-29-31-33-35-37-42(53)48(58)50-40(39-59-49-47(57)46(56)45(55)43(38-51)60-49)44(54)41(52)36-34-32-30-28-26-24-18-16-14-12-10-8-6-4-2/h8,10,16,18,28,30,40-47,49,51-57H,3-7,9,11-15,17,19-27,29,31-39H2,1-2H3,(H,50,58)/b10-8+,18-16+,30-28+. The van der Waals surface area contributed by atoms with Gasteiger partial charge in [0.25, 0.3) is 0 Å². The van der Waals surface area contributed by atoms with E-state index in [1.165, 1.54) is 103 Å². The van der Waals surface area contributed by atoms with Crippen molar-refractivity contribution in [2.45, 2.75) is 255 Å². The van der Waals surface area contributed by atoms with Gasteiger partial charge in [-0.05, 0) is 57.8 Å². The van der Waals surface area contributed by atoms with Gasteiger partial charge in [-0.3, -0.25) is 4.79 Å². The number of carbonyl (C=O) groups excluding carboxylic acids is 1. The van der Waals surface area contributed by atoms with E-state index >= 15 is 0 Å². The number of aliphatic hydroxyl groups excluding tert-OH is 7. The van der Waals surface area contributed by atoms with E-state index in [2.05, 4.69) is 55.6 Å². The van der Waals surface area contributed by atoms with Crippen LogP contribution in [0.2, 0.25) is 0 Å². The highest BCUT2D eigenvalue weighted by Crippen LogP contribution is 2.23. The topological polar surface area (TPSA) is 189 Å². The van der Waals surface area contributed by atoms with Crippen LogP contribution in [0.4, 0.5) is 0 Å². The molecule has 1 aliphatic heterocycles. The largest absolute Gasteiger partial charge is 0.394 e. The molecule has 0 radical (unpaired) electrons. The molecule has 0 aromatic carbocycles. The molecule has 0 aromatic rings. The maximum absolute atomic E-state index is 13.1. The molecule has 11 heteroatoms. The molecule has 8 N–H and O–H groups in total. The van der Waals surface area contributed by atoms with Crippen molar-refractivity contribution in [3.63, 3.8) is 0 Å². The van der Waals surface area contributed by atoms with Crippen LogP contribution in [-0.2, 0) is 14.3 Å². The number of hydrogen-bond donors (Lipinski definition) is 8. The van der Waals surface area contributed by atoms with Crippen molar-refractivity contribution >= 4 is 5.91 Å². The number of allylic oxidation sites excluding steroid dienone is 6. The molecule has 0 saturated carbocycles. The van der Waals surface area contributed by atoms with Crippen LogP contribution in [-0.4, -0.2) is 110 Å². The number of carbonyl (C=O) groups is 1. The summed E-state index contributed by atoms with van der Waals surface area (Å²) in [7, 11) is 0. The molecule has 1 heterocycles. The van der Waals surface area contributed by atoms with Crippen LogP contribution in [0.15, 0.2) is 36.5 Å². The monoisotopic (exact) mass is 854 g/mol. The first kappa shape index (κ1) is 56.3. The van der Waals surface area contributed by atoms with E-state index < -0.39 is 74.2 Å². The van der Waals surface area contributed by atoms with Crippen molar-refractivity contribution in [3.8, 4) is 0 Å². The first-order valence-corrected chi connectivity index (χ1v) is 24.4. The van der Waals surface area contributed by atoms with Crippen molar-refractivity contribution in [1.82, 2.24) is 5.32 Å². The third-order valence-corrected chi connectivity index (χ3v) is 11.6. The van der Waals surface area contributed by atoms with Gasteiger partial charge in [-0.15, -0.1) is 0 Å². The predicted octanol–water partition coefficient (Wildman–Crippen LogP) is 8.39. The Morgan fingerprint density at radius 2 is 1.02 bits per heavy atom. The van der Waals surface area contributed by atoms with Gasteiger partial charge < -0.3 is 50.5 Å². The summed E-state index contributed by atoms with van der Waals surface area (Å²) in [4.78, 5) is 13.1. The van der Waals surface area contributed by atoms with Gasteiger partial charge in [-0.25, -0.2) is 0 Å². The predicted molar refractivity (Wildman–Crippen MR) is 242 cm³/mol. The normalized spacial score (nSPS) is 21.9. The maximum atomic E-state index is 13.1. The Morgan fingerprint density at radius 1 is 0.567 bits per heavy atom. The average Bonchev–Trinajstić information content (AvgIpc) is 3.25. The molecule has 1 fully saturated rings. The van der Waals surface area contributed by atoms with Gasteiger partial charge in [0.05, 0.1) is 25.4 Å². The quantitative estimate of drug-likeness (QED) is 0.0220. The number of hydrogen-bond acceptors (Lipinski definition) is 10. The highest BCUT2D eigenvalue weighted by molar-refractivity contribution is 5.80. The fourth-order valence-corrected chi connectivity index (χ4v) is 7.60. The Morgan fingerprint density at radius 3 is 1.48 bits per heavy atom. The summed E-state index contributed by atoms with van der Waals surface area (Å²) in [5, 5.41) is 75.7. The minimum atomic E-state index is -1.67. The molecule has 9 atom stereocenters. The number of amides is 1. The molecular weight excluding hydrogens is 763 g/mol. The fourth-order valence-electron chi connectivity index (χ4n) is 7.60. The number of nitrogens with one attached hydrogen (secondary N) is 1. The molecule has 0 spiro atoms. The van der Waals surface area contributed by atoms with Crippen LogP contribution < -0.4 is 5.32 Å². The lowest BCUT2D eigenvalue weighted by molar-refractivity contribution is -0.303. The van der Waals surface area contributed by atoms with Crippen LogP contribution in [0.3, 0.4) is 0 Å². The number of aliphatic hydroxyl groups is 7. The minimum absolute atomic E-state index is 0.241. The van der Waals surface area contributed by atoms with E-state index in [0.29, 0.717) is 19.3 Å². The molecule has 0 aliphatic carbocycles. The summed E-state index contributed by atoms with van der Waals surface area (Å²) in [5.74, 6) is -0.712. The van der Waals surface area contributed by atoms with Gasteiger partial charge in [0.15, 0.2) is 6.29 Å². The van der Waals surface area contributed by atoms with Gasteiger partial charge >= 0.3 is 0 Å². The van der Waals surface area contributed by atoms with Crippen molar-refractivity contribution in [2.75, 3.05) is 13.2 Å². The minimum Gasteiger partial charge on any atom is -0.394 e. The van der Waals surface area contributed by atoms with Crippen LogP contribution in [0.5, 0.6) is 0 Å². The smallest absolute Gasteiger partial charge is 0.249 e. The van der Waals surface area contributed by atoms with Gasteiger partial charge in [0, 0.05) is 0 Å². The van der Waals surface area contributed by atoms with Crippen LogP contribution >= 0.6 is 0 Å². The third-order valence-electron chi connectivity index (χ3n) is 11.6. The van der Waals surface area contributed by atoms with Crippen molar-refractivity contribution < 1.29 is 50.0 Å². The molecule has 9 unspecified atom stereocenters. The molecule has 60 heavy (non-hydrogen) atoms. The molecular formula is C49H91NO10. The summed E-state index contributed by atoms with van der Waals surface area (Å²) < 4.78 is 11.1. The number of unbranched alkanes of at least 4 members (excludes halogenated alkanes) is 22. The second-order valence-corrected chi connectivity index (χ2v) is 17.2. The lowest BCUT2D eigenvalue weighted by atomic mass is 9.98. The Balaban J connectivity index is 2.43. The van der Waals surface area contributed by atoms with Gasteiger partial charge in [0.2, 0.25) is 5.91 Å². The van der Waals surface area contributed by atoms with Crippen LogP contribution in [0.25, 0.3) is 0 Å². The van der Waals surface area contributed by atoms with E-state index in [-0.39, 0.29) is 12.8 Å². The highest BCUT2D eigenvalue weighted by Gasteiger charge is 2.44. The summed E-state index contributed by atoms with van der Waals surface area (Å²) in [6.45, 7) is 3.36. The number of ether oxygens (including phenoxy) is 2. The van der Waals surface area contributed by atoms with E-state index in [1.54, 1.807) is 0 Å². The zero-order valence-electron chi connectivity index (χ0n) is 37.9.